The topological polar surface area (TPSA) is 42.2 Å². The Morgan fingerprint density at radius 3 is 3.00 bits per heavy atom. The van der Waals surface area contributed by atoms with Crippen molar-refractivity contribution in [1.29, 1.82) is 0 Å². The average molecular weight is 231 g/mol. The fourth-order valence-electron chi connectivity index (χ4n) is 1.93. The van der Waals surface area contributed by atoms with E-state index in [4.69, 9.17) is 4.42 Å². The third-order valence-electron chi connectivity index (χ3n) is 2.81. The first kappa shape index (κ1) is 11.7. The van der Waals surface area contributed by atoms with Crippen LogP contribution in [-0.4, -0.2) is 12.5 Å². The van der Waals surface area contributed by atoms with Gasteiger partial charge in [-0.3, -0.25) is 4.79 Å². The van der Waals surface area contributed by atoms with Gasteiger partial charge in [0.15, 0.2) is 0 Å². The monoisotopic (exact) mass is 231 g/mol. The van der Waals surface area contributed by atoms with Crippen molar-refractivity contribution in [3.63, 3.8) is 0 Å². The van der Waals surface area contributed by atoms with Gasteiger partial charge < -0.3 is 9.73 Å². The summed E-state index contributed by atoms with van der Waals surface area (Å²) in [5, 5.41) is 3.99. The number of nitrogens with one attached hydrogen (secondary N) is 1. The van der Waals surface area contributed by atoms with Crippen molar-refractivity contribution in [2.45, 2.75) is 26.7 Å². The van der Waals surface area contributed by atoms with Gasteiger partial charge in [-0.05, 0) is 37.5 Å². The van der Waals surface area contributed by atoms with Crippen LogP contribution in [0.5, 0.6) is 0 Å². The van der Waals surface area contributed by atoms with Crippen LogP contribution in [0.4, 0.5) is 0 Å². The summed E-state index contributed by atoms with van der Waals surface area (Å²) in [5.41, 5.74) is 3.39. The Morgan fingerprint density at radius 2 is 2.24 bits per heavy atom. The highest BCUT2D eigenvalue weighted by molar-refractivity contribution is 5.81. The molecule has 0 saturated heterocycles. The Kier molecular flexibility index (Phi) is 3.47. The molecule has 0 spiro atoms. The Labute approximate surface area is 101 Å². The summed E-state index contributed by atoms with van der Waals surface area (Å²) in [6.45, 7) is 4.33. The number of hydrogen-bond donors (Lipinski definition) is 1. The maximum absolute atomic E-state index is 10.7. The van der Waals surface area contributed by atoms with Crippen LogP contribution in [0.3, 0.4) is 0 Å². The number of aryl methyl sites for hydroxylation is 2. The van der Waals surface area contributed by atoms with Gasteiger partial charge in [0, 0.05) is 18.9 Å². The lowest BCUT2D eigenvalue weighted by Crippen LogP contribution is -2.21. The smallest absolute Gasteiger partial charge is 0.216 e. The number of rotatable bonds is 4. The van der Waals surface area contributed by atoms with E-state index < -0.39 is 0 Å². The van der Waals surface area contributed by atoms with E-state index in [2.05, 4.69) is 18.3 Å². The number of carbonyl (C=O) groups excluding carboxylic acids is 1. The maximum Gasteiger partial charge on any atom is 0.216 e. The minimum atomic E-state index is 0.0258. The van der Waals surface area contributed by atoms with Crippen LogP contribution in [0.2, 0.25) is 0 Å². The van der Waals surface area contributed by atoms with Gasteiger partial charge in [0.1, 0.15) is 5.58 Å². The van der Waals surface area contributed by atoms with Crippen LogP contribution >= 0.6 is 0 Å². The molecule has 0 saturated carbocycles. The molecule has 1 aromatic heterocycles. The van der Waals surface area contributed by atoms with E-state index in [-0.39, 0.29) is 5.91 Å². The lowest BCUT2D eigenvalue weighted by Gasteiger charge is -2.01. The minimum Gasteiger partial charge on any atom is -0.464 e. The highest BCUT2D eigenvalue weighted by Gasteiger charge is 2.05. The number of fused-ring (bicyclic) bond motifs is 1. The molecule has 17 heavy (non-hydrogen) atoms. The third-order valence-corrected chi connectivity index (χ3v) is 2.81. The molecular formula is C14H17NO2. The van der Waals surface area contributed by atoms with Crippen molar-refractivity contribution >= 4 is 16.9 Å². The van der Waals surface area contributed by atoms with Gasteiger partial charge in [-0.15, -0.1) is 0 Å². The molecule has 0 aliphatic carbocycles. The van der Waals surface area contributed by atoms with Gasteiger partial charge in [-0.1, -0.05) is 11.6 Å². The summed E-state index contributed by atoms with van der Waals surface area (Å²) in [7, 11) is 0. The first-order valence-electron chi connectivity index (χ1n) is 5.88. The molecule has 2 rings (SSSR count). The number of furan rings is 1. The molecule has 0 unspecified atom stereocenters. The summed E-state index contributed by atoms with van der Waals surface area (Å²) in [6, 6.07) is 6.20. The predicted octanol–water partition coefficient (Wildman–Crippen LogP) is 2.81. The lowest BCUT2D eigenvalue weighted by molar-refractivity contribution is -0.118. The fourth-order valence-corrected chi connectivity index (χ4v) is 1.93. The minimum absolute atomic E-state index is 0.0258. The average Bonchev–Trinajstić information content (AvgIpc) is 2.67. The fraction of sp³-hybridized carbons (Fsp3) is 0.357. The molecule has 1 N–H and O–H groups in total. The van der Waals surface area contributed by atoms with Crippen LogP contribution in [0.1, 0.15) is 24.5 Å². The van der Waals surface area contributed by atoms with E-state index in [9.17, 15) is 4.79 Å². The van der Waals surface area contributed by atoms with Crippen LogP contribution in [0, 0.1) is 6.92 Å². The SMILES string of the molecule is CC(=O)NCCCc1coc2ccc(C)cc12. The zero-order valence-electron chi connectivity index (χ0n) is 10.2. The Balaban J connectivity index is 2.03. The van der Waals surface area contributed by atoms with E-state index in [0.29, 0.717) is 6.54 Å². The molecule has 0 bridgehead atoms. The highest BCUT2D eigenvalue weighted by atomic mass is 16.3. The van der Waals surface area contributed by atoms with Crippen molar-refractivity contribution in [2.75, 3.05) is 6.54 Å². The number of benzene rings is 1. The zero-order chi connectivity index (χ0) is 12.3. The zero-order valence-corrected chi connectivity index (χ0v) is 10.2. The largest absolute Gasteiger partial charge is 0.464 e. The Bertz CT molecular complexity index is 528. The van der Waals surface area contributed by atoms with E-state index in [1.807, 2.05) is 18.4 Å². The summed E-state index contributed by atoms with van der Waals surface area (Å²) >= 11 is 0. The second-order valence-electron chi connectivity index (χ2n) is 4.35. The Morgan fingerprint density at radius 1 is 1.41 bits per heavy atom. The van der Waals surface area contributed by atoms with Gasteiger partial charge >= 0.3 is 0 Å². The molecule has 0 aliphatic heterocycles. The van der Waals surface area contributed by atoms with Crippen molar-refractivity contribution in [3.05, 3.63) is 35.6 Å². The maximum atomic E-state index is 10.7. The normalized spacial score (nSPS) is 10.7. The third kappa shape index (κ3) is 2.87. The predicted molar refractivity (Wildman–Crippen MR) is 68.0 cm³/mol. The summed E-state index contributed by atoms with van der Waals surface area (Å²) < 4.78 is 5.49. The molecule has 0 atom stereocenters. The molecule has 1 aromatic carbocycles. The first-order chi connectivity index (χ1) is 8.16. The molecule has 1 heterocycles. The molecule has 1 amide bonds. The molecule has 0 radical (unpaired) electrons. The van der Waals surface area contributed by atoms with Crippen LogP contribution in [0.25, 0.3) is 11.0 Å². The Hall–Kier alpha value is -1.77. The van der Waals surface area contributed by atoms with Gasteiger partial charge in [-0.25, -0.2) is 0 Å². The van der Waals surface area contributed by atoms with E-state index in [1.54, 1.807) is 0 Å². The quantitative estimate of drug-likeness (QED) is 0.822. The van der Waals surface area contributed by atoms with E-state index in [1.165, 1.54) is 23.4 Å². The second-order valence-corrected chi connectivity index (χ2v) is 4.35. The standard InChI is InChI=1S/C14H17NO2/c1-10-5-6-14-13(8-10)12(9-17-14)4-3-7-15-11(2)16/h5-6,8-9H,3-4,7H2,1-2H3,(H,15,16). The van der Waals surface area contributed by atoms with Crippen LogP contribution in [-0.2, 0) is 11.2 Å². The molecule has 0 fully saturated rings. The van der Waals surface area contributed by atoms with Crippen molar-refractivity contribution in [3.8, 4) is 0 Å². The molecule has 0 aliphatic rings. The molecule has 90 valence electrons. The summed E-state index contributed by atoms with van der Waals surface area (Å²) in [6.07, 6.45) is 3.68. The van der Waals surface area contributed by atoms with Gasteiger partial charge in [-0.2, -0.15) is 0 Å². The van der Waals surface area contributed by atoms with Crippen molar-refractivity contribution < 1.29 is 9.21 Å². The lowest BCUT2D eigenvalue weighted by atomic mass is 10.1. The van der Waals surface area contributed by atoms with Crippen molar-refractivity contribution in [1.82, 2.24) is 5.32 Å². The number of carbonyl (C=O) groups is 1. The first-order valence-corrected chi connectivity index (χ1v) is 5.88. The van der Waals surface area contributed by atoms with Crippen LogP contribution in [0.15, 0.2) is 28.9 Å². The van der Waals surface area contributed by atoms with Gasteiger partial charge in [0.05, 0.1) is 6.26 Å². The number of amides is 1. The highest BCUT2D eigenvalue weighted by Crippen LogP contribution is 2.23. The second kappa shape index (κ2) is 5.04. The van der Waals surface area contributed by atoms with E-state index >= 15 is 0 Å². The molecular weight excluding hydrogens is 214 g/mol. The van der Waals surface area contributed by atoms with Gasteiger partial charge in [0.25, 0.3) is 0 Å². The summed E-state index contributed by atoms with van der Waals surface area (Å²) in [5.74, 6) is 0.0258. The van der Waals surface area contributed by atoms with E-state index in [0.717, 1.165) is 18.4 Å². The van der Waals surface area contributed by atoms with Gasteiger partial charge in [0.2, 0.25) is 5.91 Å². The number of hydrogen-bond acceptors (Lipinski definition) is 2. The van der Waals surface area contributed by atoms with Crippen molar-refractivity contribution in [2.24, 2.45) is 0 Å². The molecule has 3 nitrogen and oxygen atoms in total. The molecule has 2 aromatic rings. The van der Waals surface area contributed by atoms with Crippen LogP contribution < -0.4 is 5.32 Å². The molecule has 3 heteroatoms. The summed E-state index contributed by atoms with van der Waals surface area (Å²) in [4.78, 5) is 10.7.